The van der Waals surface area contributed by atoms with Crippen LogP contribution in [0.15, 0.2) is 60.0 Å². The van der Waals surface area contributed by atoms with Crippen LogP contribution in [0, 0.1) is 0 Å². The molecular formula is C23H27NO3S. The van der Waals surface area contributed by atoms with Gasteiger partial charge in [0.25, 0.3) is 0 Å². The van der Waals surface area contributed by atoms with Gasteiger partial charge in [-0.15, -0.1) is 11.3 Å². The third-order valence-electron chi connectivity index (χ3n) is 4.29. The van der Waals surface area contributed by atoms with Gasteiger partial charge >= 0.3 is 6.09 Å². The minimum Gasteiger partial charge on any atom is -0.485 e. The summed E-state index contributed by atoms with van der Waals surface area (Å²) >= 11 is 1.66. The van der Waals surface area contributed by atoms with Crippen LogP contribution in [-0.4, -0.2) is 30.2 Å². The molecule has 0 saturated heterocycles. The molecule has 148 valence electrons. The lowest BCUT2D eigenvalue weighted by atomic mass is 10.1. The Hall–Kier alpha value is -2.53. The standard InChI is InChI=1S/C23H27NO3S/c1-23(2,3)27-22(25)24(4)14-13-20(21-10-7-15-28-21)26-19-12-11-17-8-5-6-9-18(17)16-19/h5-12,15-16,20H,13-14H2,1-4H3. The minimum atomic E-state index is -0.500. The molecule has 1 aromatic heterocycles. The first-order valence-electron chi connectivity index (χ1n) is 9.45. The van der Waals surface area contributed by atoms with Gasteiger partial charge in [0.2, 0.25) is 0 Å². The Morgan fingerprint density at radius 2 is 1.82 bits per heavy atom. The zero-order valence-electron chi connectivity index (χ0n) is 16.8. The maximum atomic E-state index is 12.2. The number of carbonyl (C=O) groups excluding carboxylic acids is 1. The molecule has 0 aliphatic heterocycles. The van der Waals surface area contributed by atoms with E-state index in [1.165, 1.54) is 5.39 Å². The third-order valence-corrected chi connectivity index (χ3v) is 5.26. The van der Waals surface area contributed by atoms with Crippen molar-refractivity contribution in [2.24, 2.45) is 0 Å². The van der Waals surface area contributed by atoms with E-state index in [4.69, 9.17) is 9.47 Å². The molecule has 0 bridgehead atoms. The van der Waals surface area contributed by atoms with Crippen molar-refractivity contribution in [3.05, 3.63) is 64.9 Å². The van der Waals surface area contributed by atoms with Crippen LogP contribution in [0.3, 0.4) is 0 Å². The van der Waals surface area contributed by atoms with Crippen LogP contribution in [0.1, 0.15) is 38.2 Å². The van der Waals surface area contributed by atoms with E-state index in [-0.39, 0.29) is 12.2 Å². The number of amides is 1. The lowest BCUT2D eigenvalue weighted by Crippen LogP contribution is -2.35. The molecule has 0 radical (unpaired) electrons. The minimum absolute atomic E-state index is 0.119. The van der Waals surface area contributed by atoms with Crippen LogP contribution in [-0.2, 0) is 4.74 Å². The molecule has 5 heteroatoms. The van der Waals surface area contributed by atoms with Gasteiger partial charge in [-0.25, -0.2) is 4.79 Å². The monoisotopic (exact) mass is 397 g/mol. The molecule has 1 atom stereocenters. The molecule has 3 aromatic rings. The largest absolute Gasteiger partial charge is 0.485 e. The second kappa shape index (κ2) is 8.65. The number of ether oxygens (including phenoxy) is 2. The van der Waals surface area contributed by atoms with E-state index in [0.29, 0.717) is 13.0 Å². The van der Waals surface area contributed by atoms with Crippen molar-refractivity contribution < 1.29 is 14.3 Å². The highest BCUT2D eigenvalue weighted by molar-refractivity contribution is 7.10. The predicted molar refractivity (Wildman–Crippen MR) is 115 cm³/mol. The molecule has 0 saturated carbocycles. The van der Waals surface area contributed by atoms with Crippen LogP contribution in [0.4, 0.5) is 4.79 Å². The molecule has 0 spiro atoms. The lowest BCUT2D eigenvalue weighted by molar-refractivity contribution is 0.0279. The first kappa shape index (κ1) is 20.2. The zero-order valence-corrected chi connectivity index (χ0v) is 17.7. The first-order valence-corrected chi connectivity index (χ1v) is 10.3. The SMILES string of the molecule is CN(CCC(Oc1ccc2ccccc2c1)c1cccs1)C(=O)OC(C)(C)C. The number of rotatable bonds is 6. The first-order chi connectivity index (χ1) is 13.3. The van der Waals surface area contributed by atoms with Crippen LogP contribution >= 0.6 is 11.3 Å². The summed E-state index contributed by atoms with van der Waals surface area (Å²) in [5, 5.41) is 4.38. The maximum absolute atomic E-state index is 12.2. The Bertz CT molecular complexity index is 915. The summed E-state index contributed by atoms with van der Waals surface area (Å²) in [5.74, 6) is 0.831. The van der Waals surface area contributed by atoms with Gasteiger partial charge in [0.1, 0.15) is 17.5 Å². The number of hydrogen-bond acceptors (Lipinski definition) is 4. The van der Waals surface area contributed by atoms with E-state index >= 15 is 0 Å². The van der Waals surface area contributed by atoms with E-state index in [2.05, 4.69) is 30.3 Å². The summed E-state index contributed by atoms with van der Waals surface area (Å²) in [6.07, 6.45) is 0.248. The predicted octanol–water partition coefficient (Wildman–Crippen LogP) is 6.28. The van der Waals surface area contributed by atoms with Crippen molar-refractivity contribution in [3.63, 3.8) is 0 Å². The van der Waals surface area contributed by atoms with Crippen LogP contribution in [0.2, 0.25) is 0 Å². The van der Waals surface area contributed by atoms with Gasteiger partial charge in [-0.3, -0.25) is 0 Å². The highest BCUT2D eigenvalue weighted by Gasteiger charge is 2.22. The molecule has 1 heterocycles. The van der Waals surface area contributed by atoms with Crippen molar-refractivity contribution in [2.45, 2.75) is 38.9 Å². The third kappa shape index (κ3) is 5.49. The summed E-state index contributed by atoms with van der Waals surface area (Å²) in [6.45, 7) is 6.16. The molecule has 0 fully saturated rings. The molecular weight excluding hydrogens is 370 g/mol. The number of nitrogens with zero attached hydrogens (tertiary/aromatic N) is 1. The van der Waals surface area contributed by atoms with Gasteiger partial charge in [-0.05, 0) is 55.1 Å². The average Bonchev–Trinajstić information content (AvgIpc) is 3.18. The Balaban J connectivity index is 1.70. The van der Waals surface area contributed by atoms with Gasteiger partial charge in [-0.1, -0.05) is 36.4 Å². The van der Waals surface area contributed by atoms with Crippen molar-refractivity contribution in [2.75, 3.05) is 13.6 Å². The molecule has 1 unspecified atom stereocenters. The molecule has 4 nitrogen and oxygen atoms in total. The smallest absolute Gasteiger partial charge is 0.410 e. The second-order valence-electron chi connectivity index (χ2n) is 7.82. The van der Waals surface area contributed by atoms with Crippen molar-refractivity contribution in [3.8, 4) is 5.75 Å². The fraction of sp³-hybridized carbons (Fsp3) is 0.348. The normalized spacial score (nSPS) is 12.6. The fourth-order valence-corrected chi connectivity index (χ4v) is 3.67. The summed E-state index contributed by atoms with van der Waals surface area (Å²) in [5.41, 5.74) is -0.500. The number of benzene rings is 2. The van der Waals surface area contributed by atoms with E-state index in [0.717, 1.165) is 16.0 Å². The Morgan fingerprint density at radius 3 is 2.50 bits per heavy atom. The Morgan fingerprint density at radius 1 is 1.07 bits per heavy atom. The Kier molecular flexibility index (Phi) is 6.25. The Labute approximate surface area is 170 Å². The van der Waals surface area contributed by atoms with Gasteiger partial charge in [0.05, 0.1) is 0 Å². The number of fused-ring (bicyclic) bond motifs is 1. The van der Waals surface area contributed by atoms with Gasteiger partial charge < -0.3 is 14.4 Å². The molecule has 1 amide bonds. The number of hydrogen-bond donors (Lipinski definition) is 0. The highest BCUT2D eigenvalue weighted by atomic mass is 32.1. The summed E-state index contributed by atoms with van der Waals surface area (Å²) in [7, 11) is 1.76. The van der Waals surface area contributed by atoms with Crippen molar-refractivity contribution in [1.82, 2.24) is 4.90 Å². The van der Waals surface area contributed by atoms with E-state index in [1.54, 1.807) is 23.3 Å². The summed E-state index contributed by atoms with van der Waals surface area (Å²) in [4.78, 5) is 15.0. The van der Waals surface area contributed by atoms with Crippen molar-refractivity contribution in [1.29, 1.82) is 0 Å². The molecule has 28 heavy (non-hydrogen) atoms. The molecule has 0 aliphatic carbocycles. The van der Waals surface area contributed by atoms with Gasteiger partial charge in [-0.2, -0.15) is 0 Å². The maximum Gasteiger partial charge on any atom is 0.410 e. The zero-order chi connectivity index (χ0) is 20.1. The molecule has 3 rings (SSSR count). The van der Waals surface area contributed by atoms with Crippen LogP contribution in [0.5, 0.6) is 5.75 Å². The highest BCUT2D eigenvalue weighted by Crippen LogP contribution is 2.30. The van der Waals surface area contributed by atoms with E-state index < -0.39 is 5.60 Å². The van der Waals surface area contributed by atoms with Crippen LogP contribution in [0.25, 0.3) is 10.8 Å². The number of carbonyl (C=O) groups is 1. The molecule has 0 N–H and O–H groups in total. The topological polar surface area (TPSA) is 38.8 Å². The lowest BCUT2D eigenvalue weighted by Gasteiger charge is -2.26. The van der Waals surface area contributed by atoms with E-state index in [1.807, 2.05) is 50.4 Å². The van der Waals surface area contributed by atoms with Crippen LogP contribution < -0.4 is 4.74 Å². The van der Waals surface area contributed by atoms with Gasteiger partial charge in [0.15, 0.2) is 0 Å². The number of thiophene rings is 1. The fourth-order valence-electron chi connectivity index (χ4n) is 2.88. The molecule has 0 aliphatic rings. The van der Waals surface area contributed by atoms with Gasteiger partial charge in [0, 0.05) is 24.9 Å². The van der Waals surface area contributed by atoms with E-state index in [9.17, 15) is 4.79 Å². The molecule has 2 aromatic carbocycles. The quantitative estimate of drug-likeness (QED) is 0.491. The van der Waals surface area contributed by atoms with Crippen molar-refractivity contribution >= 4 is 28.2 Å². The summed E-state index contributed by atoms with van der Waals surface area (Å²) in [6, 6.07) is 18.5. The second-order valence-corrected chi connectivity index (χ2v) is 8.80. The summed E-state index contributed by atoms with van der Waals surface area (Å²) < 4.78 is 11.8. The average molecular weight is 398 g/mol.